The number of hydrogen-bond acceptors (Lipinski definition) is 3. The Morgan fingerprint density at radius 3 is 2.00 bits per heavy atom. The van der Waals surface area contributed by atoms with E-state index in [1.165, 1.54) is 38.5 Å². The molecule has 0 aromatic heterocycles. The summed E-state index contributed by atoms with van der Waals surface area (Å²) < 4.78 is 5.51. The number of ether oxygens (including phenoxy) is 1. The highest BCUT2D eigenvalue weighted by Crippen LogP contribution is 2.64. The molecule has 3 heteroatoms. The van der Waals surface area contributed by atoms with E-state index >= 15 is 0 Å². The van der Waals surface area contributed by atoms with E-state index in [0.717, 1.165) is 44.1 Å². The molecule has 20 heavy (non-hydrogen) atoms. The Morgan fingerprint density at radius 2 is 1.55 bits per heavy atom. The van der Waals surface area contributed by atoms with Gasteiger partial charge in [-0.3, -0.25) is 4.90 Å². The van der Waals surface area contributed by atoms with Gasteiger partial charge in [-0.15, -0.1) is 0 Å². The molecule has 4 aliphatic carbocycles. The van der Waals surface area contributed by atoms with Crippen LogP contribution >= 0.6 is 0 Å². The van der Waals surface area contributed by atoms with Crippen LogP contribution in [0.3, 0.4) is 0 Å². The Labute approximate surface area is 122 Å². The monoisotopic (exact) mass is 274 g/mol. The van der Waals surface area contributed by atoms with Crippen LogP contribution in [0.15, 0.2) is 0 Å². The topological polar surface area (TPSA) is 36.3 Å². The van der Waals surface area contributed by atoms with Crippen molar-refractivity contribution >= 4 is 0 Å². The third-order valence-corrected chi connectivity index (χ3v) is 6.93. The van der Waals surface area contributed by atoms with Crippen LogP contribution < -0.4 is 0 Å². The van der Waals surface area contributed by atoms with Crippen molar-refractivity contribution in [2.24, 2.45) is 23.2 Å². The van der Waals surface area contributed by atoms with Gasteiger partial charge in [-0.1, -0.05) is 0 Å². The SMILES string of the molecule is CC(C#N)(N1CCOCC1)C12CC3CC(CC(C3)C1)C2. The summed E-state index contributed by atoms with van der Waals surface area (Å²) in [4.78, 5) is 2.45. The lowest BCUT2D eigenvalue weighted by Crippen LogP contribution is -2.65. The second-order valence-corrected chi connectivity index (χ2v) is 7.98. The van der Waals surface area contributed by atoms with Gasteiger partial charge in [0.1, 0.15) is 5.54 Å². The summed E-state index contributed by atoms with van der Waals surface area (Å²) in [6.07, 6.45) is 8.26. The number of nitriles is 1. The standard InChI is InChI=1S/C17H26N2O/c1-16(12-18,19-2-4-20-5-3-19)17-9-13-6-14(10-17)8-15(7-13)11-17/h13-15H,2-11H2,1H3. The zero-order valence-electron chi connectivity index (χ0n) is 12.6. The van der Waals surface area contributed by atoms with Crippen molar-refractivity contribution in [2.75, 3.05) is 26.3 Å². The Kier molecular flexibility index (Phi) is 2.91. The summed E-state index contributed by atoms with van der Waals surface area (Å²) >= 11 is 0. The quantitative estimate of drug-likeness (QED) is 0.777. The molecule has 1 atom stereocenters. The van der Waals surface area contributed by atoms with E-state index in [2.05, 4.69) is 17.9 Å². The Morgan fingerprint density at radius 1 is 1.05 bits per heavy atom. The van der Waals surface area contributed by atoms with Crippen molar-refractivity contribution in [3.05, 3.63) is 0 Å². The third-order valence-electron chi connectivity index (χ3n) is 6.93. The summed E-state index contributed by atoms with van der Waals surface area (Å²) in [7, 11) is 0. The molecule has 1 aliphatic heterocycles. The van der Waals surface area contributed by atoms with Crippen molar-refractivity contribution in [1.29, 1.82) is 5.26 Å². The molecule has 1 heterocycles. The fraction of sp³-hybridized carbons (Fsp3) is 0.941. The van der Waals surface area contributed by atoms with E-state index in [0.29, 0.717) is 0 Å². The van der Waals surface area contributed by atoms with Gasteiger partial charge < -0.3 is 4.74 Å². The zero-order valence-corrected chi connectivity index (χ0v) is 12.6. The number of rotatable bonds is 2. The van der Waals surface area contributed by atoms with Gasteiger partial charge in [0.15, 0.2) is 0 Å². The van der Waals surface area contributed by atoms with Crippen molar-refractivity contribution in [2.45, 2.75) is 51.0 Å². The van der Waals surface area contributed by atoms with E-state index in [9.17, 15) is 5.26 Å². The first kappa shape index (κ1) is 13.1. The van der Waals surface area contributed by atoms with Gasteiger partial charge in [-0.2, -0.15) is 5.26 Å². The molecule has 110 valence electrons. The molecule has 4 bridgehead atoms. The van der Waals surface area contributed by atoms with Crippen LogP contribution in [0.2, 0.25) is 0 Å². The summed E-state index contributed by atoms with van der Waals surface area (Å²) in [5.74, 6) is 2.74. The van der Waals surface area contributed by atoms with Crippen LogP contribution in [0.25, 0.3) is 0 Å². The fourth-order valence-corrected chi connectivity index (χ4v) is 6.24. The van der Waals surface area contributed by atoms with E-state index in [-0.39, 0.29) is 11.0 Å². The van der Waals surface area contributed by atoms with Gasteiger partial charge in [-0.25, -0.2) is 0 Å². The van der Waals surface area contributed by atoms with Gasteiger partial charge in [0.05, 0.1) is 19.3 Å². The van der Waals surface area contributed by atoms with Gasteiger partial charge in [0.25, 0.3) is 0 Å². The minimum absolute atomic E-state index is 0.271. The van der Waals surface area contributed by atoms with E-state index in [1.54, 1.807) is 0 Å². The summed E-state index contributed by atoms with van der Waals surface area (Å²) in [6, 6.07) is 2.78. The maximum Gasteiger partial charge on any atom is 0.112 e. The van der Waals surface area contributed by atoms with Gasteiger partial charge in [-0.05, 0) is 63.2 Å². The first-order valence-corrected chi connectivity index (χ1v) is 8.39. The van der Waals surface area contributed by atoms with Crippen molar-refractivity contribution in [1.82, 2.24) is 4.90 Å². The average Bonchev–Trinajstić information content (AvgIpc) is 2.46. The average molecular weight is 274 g/mol. The molecule has 4 saturated carbocycles. The minimum atomic E-state index is -0.271. The van der Waals surface area contributed by atoms with Gasteiger partial charge in [0.2, 0.25) is 0 Å². The molecule has 0 N–H and O–H groups in total. The van der Waals surface area contributed by atoms with Crippen molar-refractivity contribution < 1.29 is 4.74 Å². The highest BCUT2D eigenvalue weighted by molar-refractivity contribution is 5.21. The molecule has 0 spiro atoms. The van der Waals surface area contributed by atoms with E-state index in [1.807, 2.05) is 0 Å². The molecule has 5 fully saturated rings. The third kappa shape index (κ3) is 1.71. The lowest BCUT2D eigenvalue weighted by Gasteiger charge is -2.63. The summed E-state index contributed by atoms with van der Waals surface area (Å²) in [6.45, 7) is 5.70. The number of hydrogen-bond donors (Lipinski definition) is 0. The number of nitrogens with zero attached hydrogens (tertiary/aromatic N) is 2. The van der Waals surface area contributed by atoms with Crippen LogP contribution in [0.1, 0.15) is 45.4 Å². The molecular weight excluding hydrogens is 248 g/mol. The maximum atomic E-state index is 10.1. The Balaban J connectivity index is 1.68. The number of morpholine rings is 1. The maximum absolute atomic E-state index is 10.1. The highest BCUT2D eigenvalue weighted by Gasteiger charge is 2.60. The molecule has 1 saturated heterocycles. The molecule has 5 rings (SSSR count). The molecule has 0 radical (unpaired) electrons. The van der Waals surface area contributed by atoms with E-state index in [4.69, 9.17) is 4.74 Å². The molecule has 0 amide bonds. The minimum Gasteiger partial charge on any atom is -0.379 e. The lowest BCUT2D eigenvalue weighted by molar-refractivity contribution is -0.136. The molecule has 0 aromatic rings. The smallest absolute Gasteiger partial charge is 0.112 e. The molecule has 1 unspecified atom stereocenters. The first-order chi connectivity index (χ1) is 9.65. The predicted molar refractivity (Wildman–Crippen MR) is 77.0 cm³/mol. The second kappa shape index (κ2) is 4.45. The van der Waals surface area contributed by atoms with Crippen LogP contribution in [-0.2, 0) is 4.74 Å². The van der Waals surface area contributed by atoms with Crippen LogP contribution in [0.4, 0.5) is 0 Å². The van der Waals surface area contributed by atoms with Crippen molar-refractivity contribution in [3.8, 4) is 6.07 Å². The highest BCUT2D eigenvalue weighted by atomic mass is 16.5. The lowest BCUT2D eigenvalue weighted by atomic mass is 9.44. The summed E-state index contributed by atoms with van der Waals surface area (Å²) in [5.41, 5.74) is 0.000625. The normalized spacial score (nSPS) is 46.9. The molecular formula is C17H26N2O. The first-order valence-electron chi connectivity index (χ1n) is 8.39. The molecule has 3 nitrogen and oxygen atoms in total. The summed E-state index contributed by atoms with van der Waals surface area (Å²) in [5, 5.41) is 10.1. The van der Waals surface area contributed by atoms with E-state index < -0.39 is 0 Å². The van der Waals surface area contributed by atoms with Crippen LogP contribution in [0, 0.1) is 34.5 Å². The fourth-order valence-electron chi connectivity index (χ4n) is 6.24. The van der Waals surface area contributed by atoms with Gasteiger partial charge in [0, 0.05) is 18.5 Å². The zero-order chi connectivity index (χ0) is 13.8. The van der Waals surface area contributed by atoms with Crippen LogP contribution in [0.5, 0.6) is 0 Å². The Bertz CT molecular complexity index is 399. The molecule has 0 aromatic carbocycles. The van der Waals surface area contributed by atoms with Gasteiger partial charge >= 0.3 is 0 Å². The van der Waals surface area contributed by atoms with Crippen LogP contribution in [-0.4, -0.2) is 36.7 Å². The largest absolute Gasteiger partial charge is 0.379 e. The van der Waals surface area contributed by atoms with Crippen molar-refractivity contribution in [3.63, 3.8) is 0 Å². The molecule has 5 aliphatic rings. The second-order valence-electron chi connectivity index (χ2n) is 7.98. The Hall–Kier alpha value is -0.590. The predicted octanol–water partition coefficient (Wildman–Crippen LogP) is 2.82.